The highest BCUT2D eigenvalue weighted by atomic mass is 35.5. The molecule has 3 unspecified atom stereocenters. The molecule has 0 saturated heterocycles. The summed E-state index contributed by atoms with van der Waals surface area (Å²) in [6.45, 7) is 1.43. The van der Waals surface area contributed by atoms with Gasteiger partial charge in [0.15, 0.2) is 17.3 Å². The molecule has 57 heavy (non-hydrogen) atoms. The quantitative estimate of drug-likeness (QED) is 0.109. The molecule has 1 aromatic heterocycles. The summed E-state index contributed by atoms with van der Waals surface area (Å²) in [5.41, 5.74) is 13.9. The summed E-state index contributed by atoms with van der Waals surface area (Å²) in [5.74, 6) is 1.85. The lowest BCUT2D eigenvalue weighted by Gasteiger charge is -2.24. The van der Waals surface area contributed by atoms with E-state index >= 15 is 0 Å². The van der Waals surface area contributed by atoms with Crippen LogP contribution >= 0.6 is 12.4 Å². The zero-order valence-corrected chi connectivity index (χ0v) is 32.0. The number of aromatic hydroxyl groups is 2. The molecule has 0 saturated carbocycles. The van der Waals surface area contributed by atoms with Crippen molar-refractivity contribution in [1.82, 2.24) is 10.3 Å². The molecular weight excluding hydrogens is 756 g/mol. The molecule has 14 nitrogen and oxygen atoms in total. The predicted molar refractivity (Wildman–Crippen MR) is 214 cm³/mol. The number of hydrogen-bond acceptors (Lipinski definition) is 12. The van der Waals surface area contributed by atoms with Gasteiger partial charge in [-0.1, -0.05) is 31.0 Å². The van der Waals surface area contributed by atoms with Gasteiger partial charge in [0.1, 0.15) is 65.5 Å². The Hall–Kier alpha value is -6.09. The number of nitrogens with two attached hydrogens (primary N) is 2. The number of aromatic nitrogens is 1. The number of rotatable bonds is 8. The van der Waals surface area contributed by atoms with Crippen molar-refractivity contribution < 1.29 is 48.3 Å². The van der Waals surface area contributed by atoms with Crippen molar-refractivity contribution in [3.8, 4) is 34.5 Å². The first-order valence-electron chi connectivity index (χ1n) is 18.2. The zero-order valence-electron chi connectivity index (χ0n) is 31.2. The first kappa shape index (κ1) is 42.1. The third kappa shape index (κ3) is 10.2. The van der Waals surface area contributed by atoms with Crippen LogP contribution in [0.4, 0.5) is 0 Å². The number of phenols is 2. The Bertz CT molecular complexity index is 2210. The van der Waals surface area contributed by atoms with Gasteiger partial charge in [-0.2, -0.15) is 0 Å². The fraction of sp³-hybridized carbons (Fsp3) is 0.286. The van der Waals surface area contributed by atoms with Gasteiger partial charge in [0.25, 0.3) is 5.91 Å². The summed E-state index contributed by atoms with van der Waals surface area (Å²) in [4.78, 5) is 51.0. The second-order valence-corrected chi connectivity index (χ2v) is 13.5. The minimum atomic E-state index is -0.616. The molecule has 3 aliphatic rings. The van der Waals surface area contributed by atoms with Crippen molar-refractivity contribution in [3.05, 3.63) is 107 Å². The smallest absolute Gasteiger partial charge is 0.267 e. The van der Waals surface area contributed by atoms with Gasteiger partial charge in [-0.25, -0.2) is 0 Å². The number of phenolic OH excluding ortho intramolecular Hbond substituents is 2. The minimum Gasteiger partial charge on any atom is -0.508 e. The first-order chi connectivity index (χ1) is 27.0. The molecule has 300 valence electrons. The number of ether oxygens (including phenoxy) is 4. The average molecular weight is 801 g/mol. The number of methoxy groups -OCH3 is 1. The van der Waals surface area contributed by atoms with E-state index < -0.39 is 12.1 Å². The molecule has 3 aliphatic heterocycles. The van der Waals surface area contributed by atoms with E-state index in [1.807, 2.05) is 30.3 Å². The van der Waals surface area contributed by atoms with Gasteiger partial charge in [-0.15, -0.1) is 12.4 Å². The van der Waals surface area contributed by atoms with Crippen LogP contribution in [-0.2, 0) is 0 Å². The second-order valence-electron chi connectivity index (χ2n) is 13.5. The lowest BCUT2D eigenvalue weighted by atomic mass is 9.90. The van der Waals surface area contributed by atoms with Crippen LogP contribution < -0.4 is 35.7 Å². The monoisotopic (exact) mass is 800 g/mol. The molecule has 0 aliphatic carbocycles. The van der Waals surface area contributed by atoms with E-state index in [2.05, 4.69) is 10.3 Å². The molecule has 0 radical (unpaired) electrons. The number of halogens is 1. The Morgan fingerprint density at radius 3 is 1.91 bits per heavy atom. The fourth-order valence-corrected chi connectivity index (χ4v) is 6.42. The third-order valence-corrected chi connectivity index (χ3v) is 9.52. The molecule has 3 atom stereocenters. The maximum atomic E-state index is 12.6. The number of fused-ring (bicyclic) bond motifs is 4. The normalized spacial score (nSPS) is 17.6. The van der Waals surface area contributed by atoms with Crippen molar-refractivity contribution in [2.45, 2.75) is 37.8 Å². The molecule has 0 bridgehead atoms. The van der Waals surface area contributed by atoms with Crippen LogP contribution in [-0.4, -0.2) is 84.0 Å². The van der Waals surface area contributed by atoms with E-state index in [0.29, 0.717) is 58.5 Å². The number of carbonyl (C=O) groups is 4. The lowest BCUT2D eigenvalue weighted by molar-refractivity contribution is 0.0815. The predicted octanol–water partition coefficient (Wildman–Crippen LogP) is 5.37. The number of amides is 1. The Morgan fingerprint density at radius 2 is 1.30 bits per heavy atom. The van der Waals surface area contributed by atoms with Gasteiger partial charge >= 0.3 is 0 Å². The Balaban J connectivity index is 0.000000184. The number of aromatic amines is 1. The second kappa shape index (κ2) is 19.2. The van der Waals surface area contributed by atoms with Crippen LogP contribution in [0, 0.1) is 5.92 Å². The van der Waals surface area contributed by atoms with Crippen molar-refractivity contribution in [2.75, 3.05) is 33.5 Å². The molecule has 5 aromatic rings. The number of ketones is 3. The lowest BCUT2D eigenvalue weighted by Crippen LogP contribution is -2.40. The molecule has 0 fully saturated rings. The number of unbranched alkanes of at least 4 members (excludes halogenated alkanes) is 2. The van der Waals surface area contributed by atoms with Gasteiger partial charge in [-0.05, 0) is 79.6 Å². The van der Waals surface area contributed by atoms with E-state index in [1.165, 1.54) is 24.3 Å². The highest BCUT2D eigenvalue weighted by Crippen LogP contribution is 2.32. The molecule has 0 spiro atoms. The summed E-state index contributed by atoms with van der Waals surface area (Å²) in [7, 11) is 1.55. The van der Waals surface area contributed by atoms with Crippen LogP contribution in [0.25, 0.3) is 10.9 Å². The number of H-pyrrole nitrogens is 1. The van der Waals surface area contributed by atoms with Crippen LogP contribution in [0.15, 0.2) is 84.9 Å². The maximum Gasteiger partial charge on any atom is 0.267 e. The number of nitrogens with one attached hydrogen (secondary N) is 2. The van der Waals surface area contributed by atoms with E-state index in [9.17, 15) is 24.3 Å². The molecule has 4 heterocycles. The highest BCUT2D eigenvalue weighted by Gasteiger charge is 2.29. The third-order valence-electron chi connectivity index (χ3n) is 9.52. The average Bonchev–Trinajstić information content (AvgIpc) is 3.65. The summed E-state index contributed by atoms with van der Waals surface area (Å²) in [6, 6.07) is 22.6. The van der Waals surface area contributed by atoms with Crippen LogP contribution in [0.3, 0.4) is 0 Å². The summed E-state index contributed by atoms with van der Waals surface area (Å²) in [6.07, 6.45) is 3.40. The summed E-state index contributed by atoms with van der Waals surface area (Å²) in [5, 5.41) is 22.7. The van der Waals surface area contributed by atoms with Crippen LogP contribution in [0.5, 0.6) is 34.5 Å². The van der Waals surface area contributed by atoms with Crippen molar-refractivity contribution in [2.24, 2.45) is 17.4 Å². The van der Waals surface area contributed by atoms with Gasteiger partial charge < -0.3 is 50.9 Å². The van der Waals surface area contributed by atoms with E-state index in [-0.39, 0.29) is 66.3 Å². The Labute approximate surface area is 334 Å². The summed E-state index contributed by atoms with van der Waals surface area (Å²) < 4.78 is 21.2. The van der Waals surface area contributed by atoms with E-state index in [4.69, 9.17) is 35.5 Å². The van der Waals surface area contributed by atoms with Crippen molar-refractivity contribution >= 4 is 46.6 Å². The fourth-order valence-electron chi connectivity index (χ4n) is 6.42. The van der Waals surface area contributed by atoms with Crippen LogP contribution in [0.1, 0.15) is 67.2 Å². The largest absolute Gasteiger partial charge is 0.508 e. The van der Waals surface area contributed by atoms with Gasteiger partial charge in [0.05, 0.1) is 36.3 Å². The number of carbonyl (C=O) groups excluding carboxylic acids is 4. The summed E-state index contributed by atoms with van der Waals surface area (Å²) >= 11 is 0. The zero-order chi connectivity index (χ0) is 39.8. The first-order valence-corrected chi connectivity index (χ1v) is 18.2. The standard InChI is InChI=1S/C23H24N2O4.C10H11NO3.C9H9NO3.ClH/c26-17-9-10-21-18(13-17)22(27)16(14-29-21)7-2-1-5-11-24-23(28)20-12-15-6-3-4-8-19(15)25-20;1-13-6-2-3-9-7(4-6)10(12)8(11)5-14-9;10-7-4-13-8-2-1-5(11)3-6(8)9(7)12;/h3-4,6,8-10,12-13,16,25-26H,1-2,5,7,11,14H2,(H,24,28);2-4,8H,5,11H2,1H3;1-3,7,11H,4,10H2;1H. The molecule has 8 N–H and O–H groups in total. The number of hydrogen-bond donors (Lipinski definition) is 6. The van der Waals surface area contributed by atoms with Gasteiger partial charge in [-0.3, -0.25) is 19.2 Å². The molecule has 1 amide bonds. The topological polar surface area (TPSA) is 226 Å². The van der Waals surface area contributed by atoms with Gasteiger partial charge in [0.2, 0.25) is 0 Å². The molecule has 4 aromatic carbocycles. The Kier molecular flexibility index (Phi) is 14.1. The van der Waals surface area contributed by atoms with E-state index in [0.717, 1.165) is 36.6 Å². The molecule has 8 rings (SSSR count). The number of para-hydroxylation sites is 1. The van der Waals surface area contributed by atoms with Gasteiger partial charge in [0, 0.05) is 17.4 Å². The van der Waals surface area contributed by atoms with Crippen LogP contribution in [0.2, 0.25) is 0 Å². The van der Waals surface area contributed by atoms with E-state index in [1.54, 1.807) is 37.4 Å². The SMILES string of the molecule is COc1ccc2c(c1)C(=O)C(N)CO2.Cl.NC1COc2ccc(O)cc2C1=O.O=C(NCCCCCC1COc2ccc(O)cc2C1=O)c1cc2ccccc2[nH]1. The maximum absolute atomic E-state index is 12.6. The number of benzene rings is 4. The van der Waals surface area contributed by atoms with Crippen molar-refractivity contribution in [3.63, 3.8) is 0 Å². The Morgan fingerprint density at radius 1 is 0.737 bits per heavy atom. The molecular formula is C42H45ClN4O10. The number of Topliss-reactive ketones (excluding diaryl/α,β-unsaturated/α-hetero) is 3. The van der Waals surface area contributed by atoms with Crippen molar-refractivity contribution in [1.29, 1.82) is 0 Å². The molecule has 15 heteroatoms. The highest BCUT2D eigenvalue weighted by molar-refractivity contribution is 6.04. The minimum absolute atomic E-state index is 0.